The Morgan fingerprint density at radius 2 is 1.84 bits per heavy atom. The monoisotopic (exact) mass is 500 g/mol. The maximum absolute atomic E-state index is 14.0. The fourth-order valence-corrected chi connectivity index (χ4v) is 5.69. The number of rotatable bonds is 6. The minimum atomic E-state index is -1.30. The summed E-state index contributed by atoms with van der Waals surface area (Å²) < 4.78 is 5.58. The SMILES string of the molecule is CC1CC(c2ccccc2)=CC=C1C(=O)NC(C)(Cc1ccc(O)cc1)C(=O)N1CCC2OCC(=O)[C@H]21. The second-order valence-electron chi connectivity index (χ2n) is 10.5. The number of phenolic OH excluding ortho intramolecular Hbond substituents is 1. The first-order valence-corrected chi connectivity index (χ1v) is 12.8. The van der Waals surface area contributed by atoms with E-state index in [-0.39, 0.29) is 48.4 Å². The highest BCUT2D eigenvalue weighted by Crippen LogP contribution is 2.33. The quantitative estimate of drug-likeness (QED) is 0.634. The van der Waals surface area contributed by atoms with Crippen molar-refractivity contribution in [3.63, 3.8) is 0 Å². The summed E-state index contributed by atoms with van der Waals surface area (Å²) in [6.07, 6.45) is 5.06. The highest BCUT2D eigenvalue weighted by Gasteiger charge is 2.51. The number of carbonyl (C=O) groups excluding carboxylic acids is 3. The lowest BCUT2D eigenvalue weighted by atomic mass is 9.84. The number of fused-ring (bicyclic) bond motifs is 1. The summed E-state index contributed by atoms with van der Waals surface area (Å²) in [5.41, 5.74) is 2.40. The number of Topliss-reactive ketones (excluding diaryl/α,β-unsaturated/α-hetero) is 1. The van der Waals surface area contributed by atoms with Crippen LogP contribution in [0.3, 0.4) is 0 Å². The Balaban J connectivity index is 1.42. The number of likely N-dealkylation sites (tertiary alicyclic amines) is 1. The molecule has 3 aliphatic rings. The molecule has 2 saturated heterocycles. The molecule has 4 atom stereocenters. The predicted molar refractivity (Wildman–Crippen MR) is 140 cm³/mol. The zero-order valence-corrected chi connectivity index (χ0v) is 21.1. The van der Waals surface area contributed by atoms with Gasteiger partial charge in [-0.3, -0.25) is 14.4 Å². The van der Waals surface area contributed by atoms with Gasteiger partial charge in [-0.2, -0.15) is 0 Å². The molecule has 37 heavy (non-hydrogen) atoms. The van der Waals surface area contributed by atoms with Gasteiger partial charge in [-0.25, -0.2) is 0 Å². The lowest BCUT2D eigenvalue weighted by Crippen LogP contribution is -2.61. The Kier molecular flexibility index (Phi) is 6.73. The van der Waals surface area contributed by atoms with E-state index >= 15 is 0 Å². The van der Waals surface area contributed by atoms with Gasteiger partial charge in [0.25, 0.3) is 0 Å². The third kappa shape index (κ3) is 4.96. The number of ether oxygens (including phenoxy) is 1. The molecule has 0 spiro atoms. The molecule has 0 aromatic heterocycles. The fraction of sp³-hybridized carbons (Fsp3) is 0.367. The minimum Gasteiger partial charge on any atom is -0.508 e. The van der Waals surface area contributed by atoms with Gasteiger partial charge in [-0.05, 0) is 54.5 Å². The summed E-state index contributed by atoms with van der Waals surface area (Å²) in [6, 6.07) is 16.1. The molecular formula is C30H32N2O5. The molecule has 0 bridgehead atoms. The van der Waals surface area contributed by atoms with E-state index in [1.54, 1.807) is 36.1 Å². The molecule has 7 nitrogen and oxygen atoms in total. The van der Waals surface area contributed by atoms with E-state index in [2.05, 4.69) is 17.4 Å². The van der Waals surface area contributed by atoms with E-state index in [1.807, 2.05) is 37.3 Å². The van der Waals surface area contributed by atoms with Crippen molar-refractivity contribution in [3.8, 4) is 5.75 Å². The van der Waals surface area contributed by atoms with E-state index in [0.717, 1.165) is 16.7 Å². The van der Waals surface area contributed by atoms with Crippen LogP contribution in [-0.2, 0) is 25.5 Å². The van der Waals surface area contributed by atoms with Crippen molar-refractivity contribution in [2.75, 3.05) is 13.2 Å². The average Bonchev–Trinajstić information content (AvgIpc) is 3.48. The van der Waals surface area contributed by atoms with Crippen LogP contribution in [0.4, 0.5) is 0 Å². The van der Waals surface area contributed by atoms with Gasteiger partial charge in [0.05, 0.1) is 6.10 Å². The van der Waals surface area contributed by atoms with Gasteiger partial charge in [0.2, 0.25) is 11.8 Å². The summed E-state index contributed by atoms with van der Waals surface area (Å²) in [4.78, 5) is 41.7. The Labute approximate surface area is 216 Å². The number of benzene rings is 2. The summed E-state index contributed by atoms with van der Waals surface area (Å²) in [5.74, 6) is -0.607. The summed E-state index contributed by atoms with van der Waals surface area (Å²) >= 11 is 0. The third-order valence-electron chi connectivity index (χ3n) is 7.66. The number of phenols is 1. The van der Waals surface area contributed by atoms with Crippen LogP contribution in [0, 0.1) is 5.92 Å². The van der Waals surface area contributed by atoms with Crippen molar-refractivity contribution in [2.45, 2.75) is 50.8 Å². The van der Waals surface area contributed by atoms with Crippen molar-refractivity contribution >= 4 is 23.2 Å². The lowest BCUT2D eigenvalue weighted by Gasteiger charge is -2.36. The number of amides is 2. The van der Waals surface area contributed by atoms with E-state index in [9.17, 15) is 19.5 Å². The second-order valence-corrected chi connectivity index (χ2v) is 10.5. The molecule has 3 unspecified atom stereocenters. The predicted octanol–water partition coefficient (Wildman–Crippen LogP) is 3.43. The number of ketones is 1. The zero-order chi connectivity index (χ0) is 26.2. The van der Waals surface area contributed by atoms with Gasteiger partial charge in [0.1, 0.15) is 23.9 Å². The molecule has 7 heteroatoms. The Hall–Kier alpha value is -3.71. The van der Waals surface area contributed by atoms with Crippen LogP contribution >= 0.6 is 0 Å². The van der Waals surface area contributed by atoms with Gasteiger partial charge in [0.15, 0.2) is 5.78 Å². The standard InChI is InChI=1S/C30H32N2O5/c1-19-16-22(21-6-4-3-5-7-21)10-13-24(19)28(35)31-30(2,17-20-8-11-23(33)12-9-20)29(36)32-15-14-26-27(32)25(34)18-37-26/h3-13,19,26-27,33H,14-18H2,1-2H3,(H,31,35)/t19?,26?,27-,30?/m1/s1. The second kappa shape index (κ2) is 9.98. The smallest absolute Gasteiger partial charge is 0.249 e. The van der Waals surface area contributed by atoms with Gasteiger partial charge >= 0.3 is 0 Å². The molecular weight excluding hydrogens is 468 g/mol. The van der Waals surface area contributed by atoms with Crippen LogP contribution in [0.2, 0.25) is 0 Å². The van der Waals surface area contributed by atoms with Crippen LogP contribution in [0.25, 0.3) is 5.57 Å². The maximum Gasteiger partial charge on any atom is 0.249 e. The Morgan fingerprint density at radius 3 is 2.54 bits per heavy atom. The number of nitrogens with zero attached hydrogens (tertiary/aromatic N) is 1. The van der Waals surface area contributed by atoms with Crippen LogP contribution in [-0.4, -0.2) is 58.4 Å². The molecule has 2 aliphatic heterocycles. The van der Waals surface area contributed by atoms with Gasteiger partial charge in [0, 0.05) is 18.5 Å². The molecule has 2 N–H and O–H groups in total. The minimum absolute atomic E-state index is 0.0145. The average molecular weight is 501 g/mol. The highest BCUT2D eigenvalue weighted by molar-refractivity contribution is 6.01. The number of carbonyl (C=O) groups is 3. The van der Waals surface area contributed by atoms with Gasteiger partial charge in [-0.15, -0.1) is 0 Å². The summed E-state index contributed by atoms with van der Waals surface area (Å²) in [7, 11) is 0. The Morgan fingerprint density at radius 1 is 1.11 bits per heavy atom. The molecule has 2 aromatic carbocycles. The first kappa shape index (κ1) is 25.0. The van der Waals surface area contributed by atoms with E-state index < -0.39 is 11.6 Å². The zero-order valence-electron chi connectivity index (χ0n) is 21.1. The molecule has 2 amide bonds. The molecule has 2 heterocycles. The molecule has 0 saturated carbocycles. The van der Waals surface area contributed by atoms with Crippen molar-refractivity contribution in [2.24, 2.45) is 5.92 Å². The molecule has 2 fully saturated rings. The number of hydrogen-bond acceptors (Lipinski definition) is 5. The van der Waals surface area contributed by atoms with Gasteiger partial charge in [-0.1, -0.05) is 61.5 Å². The van der Waals surface area contributed by atoms with Gasteiger partial charge < -0.3 is 20.1 Å². The highest BCUT2D eigenvalue weighted by atomic mass is 16.5. The largest absolute Gasteiger partial charge is 0.508 e. The molecule has 2 aromatic rings. The van der Waals surface area contributed by atoms with Crippen LogP contribution < -0.4 is 5.32 Å². The maximum atomic E-state index is 14.0. The summed E-state index contributed by atoms with van der Waals surface area (Å²) in [6.45, 7) is 4.15. The molecule has 1 aliphatic carbocycles. The van der Waals surface area contributed by atoms with Crippen molar-refractivity contribution in [1.82, 2.24) is 10.2 Å². The van der Waals surface area contributed by atoms with E-state index in [4.69, 9.17) is 4.74 Å². The molecule has 5 rings (SSSR count). The van der Waals surface area contributed by atoms with Crippen LogP contribution in [0.15, 0.2) is 72.3 Å². The first-order chi connectivity index (χ1) is 17.7. The first-order valence-electron chi connectivity index (χ1n) is 12.8. The van der Waals surface area contributed by atoms with Crippen LogP contribution in [0.5, 0.6) is 5.75 Å². The number of hydrogen-bond donors (Lipinski definition) is 2. The normalized spacial score (nSPS) is 24.6. The van der Waals surface area contributed by atoms with Crippen LogP contribution in [0.1, 0.15) is 37.8 Å². The van der Waals surface area contributed by atoms with Crippen molar-refractivity contribution in [3.05, 3.63) is 83.4 Å². The topological polar surface area (TPSA) is 95.9 Å². The number of allylic oxidation sites excluding steroid dienone is 3. The fourth-order valence-electron chi connectivity index (χ4n) is 5.69. The molecule has 192 valence electrons. The van der Waals surface area contributed by atoms with E-state index in [1.165, 1.54) is 0 Å². The summed E-state index contributed by atoms with van der Waals surface area (Å²) in [5, 5.41) is 12.7. The van der Waals surface area contributed by atoms with Crippen molar-refractivity contribution in [1.29, 1.82) is 0 Å². The van der Waals surface area contributed by atoms with Crippen molar-refractivity contribution < 1.29 is 24.2 Å². The van der Waals surface area contributed by atoms with E-state index in [0.29, 0.717) is 25.0 Å². The number of aromatic hydroxyl groups is 1. The molecule has 0 radical (unpaired) electrons. The lowest BCUT2D eigenvalue weighted by molar-refractivity contribution is -0.143. The Bertz CT molecular complexity index is 1270. The third-order valence-corrected chi connectivity index (χ3v) is 7.66. The number of nitrogens with one attached hydrogen (secondary N) is 1.